The zero-order chi connectivity index (χ0) is 24.1. The number of Topliss-reactive ketones (excluding diaryl/α,β-unsaturated/α-hetero) is 1. The van der Waals surface area contributed by atoms with Gasteiger partial charge in [-0.25, -0.2) is 9.37 Å². The van der Waals surface area contributed by atoms with Crippen LogP contribution < -0.4 is 16.0 Å². The maximum atomic E-state index is 15.1. The van der Waals surface area contributed by atoms with Crippen LogP contribution in [0.2, 0.25) is 0 Å². The van der Waals surface area contributed by atoms with E-state index in [4.69, 9.17) is 0 Å². The third-order valence-corrected chi connectivity index (χ3v) is 6.47. The van der Waals surface area contributed by atoms with Crippen molar-refractivity contribution in [3.63, 3.8) is 0 Å². The fourth-order valence-corrected chi connectivity index (χ4v) is 4.67. The van der Waals surface area contributed by atoms with E-state index in [0.29, 0.717) is 65.5 Å². The molecule has 1 aromatic carbocycles. The largest absolute Gasteiger partial charge is 0.383 e. The molecule has 6 rings (SSSR count). The molecule has 0 unspecified atom stereocenters. The van der Waals surface area contributed by atoms with Gasteiger partial charge in [0.1, 0.15) is 23.9 Å². The summed E-state index contributed by atoms with van der Waals surface area (Å²) in [6.07, 6.45) is 4.27. The van der Waals surface area contributed by atoms with Gasteiger partial charge < -0.3 is 16.0 Å². The minimum atomic E-state index is -0.386. The predicted molar refractivity (Wildman–Crippen MR) is 129 cm³/mol. The fourth-order valence-electron chi connectivity index (χ4n) is 4.67. The van der Waals surface area contributed by atoms with E-state index in [1.807, 2.05) is 19.1 Å². The number of nitrogens with one attached hydrogen (secondary N) is 3. The van der Waals surface area contributed by atoms with Crippen LogP contribution in [0.4, 0.5) is 21.7 Å². The molecular formula is C25H22FN7O2. The first-order valence-electron chi connectivity index (χ1n) is 11.4. The monoisotopic (exact) mass is 471 g/mol. The van der Waals surface area contributed by atoms with E-state index in [-0.39, 0.29) is 24.1 Å². The van der Waals surface area contributed by atoms with Gasteiger partial charge in [0.15, 0.2) is 11.6 Å². The molecule has 0 aliphatic carbocycles. The number of hydrogen-bond donors (Lipinski definition) is 3. The van der Waals surface area contributed by atoms with Crippen LogP contribution in [-0.2, 0) is 17.8 Å². The van der Waals surface area contributed by atoms with Crippen LogP contribution in [0.1, 0.15) is 28.2 Å². The lowest BCUT2D eigenvalue weighted by molar-refractivity contribution is -0.121. The molecule has 0 saturated heterocycles. The number of aromatic nitrogens is 4. The number of fused-ring (bicyclic) bond motifs is 3. The number of pyridine rings is 2. The van der Waals surface area contributed by atoms with Crippen molar-refractivity contribution in [1.82, 2.24) is 25.1 Å². The van der Waals surface area contributed by atoms with E-state index < -0.39 is 0 Å². The normalized spacial score (nSPS) is 15.1. The van der Waals surface area contributed by atoms with Gasteiger partial charge >= 0.3 is 0 Å². The first-order chi connectivity index (χ1) is 17.0. The molecule has 0 spiro atoms. The average molecular weight is 471 g/mol. The zero-order valence-electron chi connectivity index (χ0n) is 19.0. The van der Waals surface area contributed by atoms with Crippen molar-refractivity contribution < 1.29 is 14.0 Å². The number of anilines is 3. The van der Waals surface area contributed by atoms with Crippen LogP contribution in [0.3, 0.4) is 0 Å². The second-order valence-electron chi connectivity index (χ2n) is 8.77. The highest BCUT2D eigenvalue weighted by Crippen LogP contribution is 2.35. The third-order valence-electron chi connectivity index (χ3n) is 6.47. The SMILES string of the molecule is Cc1c(-c2cc3cc(Nc4cc5n(n4)CC(=O)NCC5)ncc3cc2F)cnc2c1NCCC2=O. The maximum Gasteiger partial charge on any atom is 0.241 e. The topological polar surface area (TPSA) is 114 Å². The van der Waals surface area contributed by atoms with Gasteiger partial charge in [0.05, 0.1) is 5.69 Å². The molecule has 0 bridgehead atoms. The first-order valence-corrected chi connectivity index (χ1v) is 11.4. The van der Waals surface area contributed by atoms with E-state index >= 15 is 4.39 Å². The van der Waals surface area contributed by atoms with Crippen molar-refractivity contribution in [2.75, 3.05) is 23.7 Å². The van der Waals surface area contributed by atoms with Gasteiger partial charge in [-0.1, -0.05) is 0 Å². The van der Waals surface area contributed by atoms with Gasteiger partial charge in [0.25, 0.3) is 0 Å². The molecule has 10 heteroatoms. The Morgan fingerprint density at radius 2 is 1.80 bits per heavy atom. The van der Waals surface area contributed by atoms with Crippen LogP contribution in [-0.4, -0.2) is 44.5 Å². The summed E-state index contributed by atoms with van der Waals surface area (Å²) in [4.78, 5) is 32.7. The molecule has 5 heterocycles. The molecule has 0 radical (unpaired) electrons. The molecular weight excluding hydrogens is 449 g/mol. The molecule has 0 saturated carbocycles. The summed E-state index contributed by atoms with van der Waals surface area (Å²) in [7, 11) is 0. The lowest BCUT2D eigenvalue weighted by Crippen LogP contribution is -2.25. The molecule has 176 valence electrons. The molecule has 3 aromatic heterocycles. The van der Waals surface area contributed by atoms with Crippen LogP contribution >= 0.6 is 0 Å². The summed E-state index contributed by atoms with van der Waals surface area (Å²) in [5.41, 5.74) is 3.86. The van der Waals surface area contributed by atoms with E-state index in [2.05, 4.69) is 31.0 Å². The molecule has 0 atom stereocenters. The third kappa shape index (κ3) is 3.76. The molecule has 2 aliphatic rings. The fraction of sp³-hybridized carbons (Fsp3) is 0.240. The summed E-state index contributed by atoms with van der Waals surface area (Å²) < 4.78 is 16.8. The highest BCUT2D eigenvalue weighted by molar-refractivity contribution is 6.03. The second kappa shape index (κ2) is 8.15. The van der Waals surface area contributed by atoms with Crippen molar-refractivity contribution >= 4 is 39.8 Å². The first kappa shape index (κ1) is 21.2. The quantitative estimate of drug-likeness (QED) is 0.420. The van der Waals surface area contributed by atoms with E-state index in [1.54, 1.807) is 23.1 Å². The molecule has 9 nitrogen and oxygen atoms in total. The number of hydrogen-bond acceptors (Lipinski definition) is 7. The second-order valence-corrected chi connectivity index (χ2v) is 8.77. The van der Waals surface area contributed by atoms with E-state index in [9.17, 15) is 9.59 Å². The number of carbonyl (C=O) groups excluding carboxylic acids is 2. The number of ketones is 1. The summed E-state index contributed by atoms with van der Waals surface area (Å²) in [5, 5.41) is 15.2. The maximum absolute atomic E-state index is 15.1. The Kier molecular flexibility index (Phi) is 4.94. The molecule has 2 aliphatic heterocycles. The Morgan fingerprint density at radius 1 is 0.943 bits per heavy atom. The number of nitrogens with zero attached hydrogens (tertiary/aromatic N) is 4. The number of carbonyl (C=O) groups is 2. The minimum Gasteiger partial charge on any atom is -0.383 e. The van der Waals surface area contributed by atoms with Crippen LogP contribution in [0, 0.1) is 12.7 Å². The van der Waals surface area contributed by atoms with Gasteiger partial charge in [-0.2, -0.15) is 5.10 Å². The highest BCUT2D eigenvalue weighted by Gasteiger charge is 2.23. The van der Waals surface area contributed by atoms with Crippen LogP contribution in [0.25, 0.3) is 21.9 Å². The zero-order valence-corrected chi connectivity index (χ0v) is 19.0. The van der Waals surface area contributed by atoms with Crippen molar-refractivity contribution in [2.24, 2.45) is 0 Å². The number of halogens is 1. The van der Waals surface area contributed by atoms with Gasteiger partial charge in [-0.3, -0.25) is 19.3 Å². The van der Waals surface area contributed by atoms with Crippen LogP contribution in [0.15, 0.2) is 36.7 Å². The van der Waals surface area contributed by atoms with Crippen molar-refractivity contribution in [3.05, 3.63) is 59.4 Å². The van der Waals surface area contributed by atoms with E-state index in [0.717, 1.165) is 16.6 Å². The van der Waals surface area contributed by atoms with Gasteiger partial charge in [-0.15, -0.1) is 0 Å². The Morgan fingerprint density at radius 3 is 2.69 bits per heavy atom. The lowest BCUT2D eigenvalue weighted by Gasteiger charge is -2.20. The Balaban J connectivity index is 1.36. The highest BCUT2D eigenvalue weighted by atomic mass is 19.1. The lowest BCUT2D eigenvalue weighted by atomic mass is 9.95. The summed E-state index contributed by atoms with van der Waals surface area (Å²) in [5.74, 6) is 0.687. The molecule has 4 aromatic rings. The predicted octanol–water partition coefficient (Wildman–Crippen LogP) is 3.36. The van der Waals surface area contributed by atoms with Crippen LogP contribution in [0.5, 0.6) is 0 Å². The molecule has 1 amide bonds. The standard InChI is InChI=1S/C25H22FN7O2/c1-13-18(11-30-25-20(34)3-5-28-24(13)25)17-6-14-8-21(29-10-15(14)7-19(17)26)31-22-9-16-2-4-27-23(35)12-33(16)32-22/h6-11,28H,2-5,12H2,1H3,(H,27,35)(H,29,31,32). The summed E-state index contributed by atoms with van der Waals surface area (Å²) in [6.45, 7) is 3.17. The van der Waals surface area contributed by atoms with Gasteiger partial charge in [0.2, 0.25) is 5.91 Å². The summed E-state index contributed by atoms with van der Waals surface area (Å²) >= 11 is 0. The molecule has 3 N–H and O–H groups in total. The number of rotatable bonds is 3. The molecule has 35 heavy (non-hydrogen) atoms. The van der Waals surface area contributed by atoms with Gasteiger partial charge in [0, 0.05) is 66.6 Å². The Hall–Kier alpha value is -4.34. The minimum absolute atomic E-state index is 0.00797. The van der Waals surface area contributed by atoms with Crippen molar-refractivity contribution in [3.8, 4) is 11.1 Å². The number of amides is 1. The molecule has 0 fully saturated rings. The van der Waals surface area contributed by atoms with Crippen molar-refractivity contribution in [1.29, 1.82) is 0 Å². The van der Waals surface area contributed by atoms with E-state index in [1.165, 1.54) is 6.07 Å². The van der Waals surface area contributed by atoms with Gasteiger partial charge in [-0.05, 0) is 36.1 Å². The average Bonchev–Trinajstić information content (AvgIpc) is 3.11. The Bertz CT molecular complexity index is 1530. The Labute approximate surface area is 199 Å². The smallest absolute Gasteiger partial charge is 0.241 e. The van der Waals surface area contributed by atoms with Crippen molar-refractivity contribution in [2.45, 2.75) is 26.3 Å². The number of benzene rings is 1. The summed E-state index contributed by atoms with van der Waals surface area (Å²) in [6, 6.07) is 6.96.